The Morgan fingerprint density at radius 2 is 1.20 bits per heavy atom. The van der Waals surface area contributed by atoms with Gasteiger partial charge < -0.3 is 0 Å². The van der Waals surface area contributed by atoms with Crippen molar-refractivity contribution in [3.8, 4) is 0 Å². The van der Waals surface area contributed by atoms with Crippen molar-refractivity contribution in [2.45, 2.75) is 6.55 Å². The van der Waals surface area contributed by atoms with E-state index < -0.39 is 0 Å². The average Bonchev–Trinajstić information content (AvgIpc) is 1.50. The molecule has 5 heavy (non-hydrogen) atoms. The SMILES string of the molecule is C=C.C[SiH3].[SiH4]. The molecule has 0 heterocycles. The van der Waals surface area contributed by atoms with E-state index in [0.29, 0.717) is 0 Å². The molecule has 0 rings (SSSR count). The summed E-state index contributed by atoms with van der Waals surface area (Å²) >= 11 is 0. The molecule has 0 fully saturated rings. The van der Waals surface area contributed by atoms with Gasteiger partial charge in [-0.1, -0.05) is 6.55 Å². The average molecular weight is 106 g/mol. The summed E-state index contributed by atoms with van der Waals surface area (Å²) < 4.78 is 0. The number of rotatable bonds is 0. The van der Waals surface area contributed by atoms with Crippen LogP contribution < -0.4 is 0 Å². The van der Waals surface area contributed by atoms with Crippen LogP contribution in [0.2, 0.25) is 6.55 Å². The molecule has 0 aromatic heterocycles. The summed E-state index contributed by atoms with van der Waals surface area (Å²) in [6.07, 6.45) is 0. The highest BCUT2D eigenvalue weighted by Gasteiger charge is 0.962. The second kappa shape index (κ2) is 1390. The van der Waals surface area contributed by atoms with Gasteiger partial charge in [0.25, 0.3) is 0 Å². The monoisotopic (exact) mass is 106 g/mol. The van der Waals surface area contributed by atoms with Crippen molar-refractivity contribution in [2.24, 2.45) is 0 Å². The van der Waals surface area contributed by atoms with Gasteiger partial charge in [-0.25, -0.2) is 0 Å². The molecule has 0 spiro atoms. The van der Waals surface area contributed by atoms with Crippen LogP contribution in [0.15, 0.2) is 13.2 Å². The van der Waals surface area contributed by atoms with E-state index in [4.69, 9.17) is 0 Å². The molecule has 0 aliphatic heterocycles. The fourth-order valence-electron chi connectivity index (χ4n) is 0. The van der Waals surface area contributed by atoms with Crippen molar-refractivity contribution in [1.29, 1.82) is 0 Å². The molecule has 0 radical (unpaired) electrons. The topological polar surface area (TPSA) is 0 Å². The highest BCUT2D eigenvalue weighted by molar-refractivity contribution is 6.05. The molecule has 0 saturated carbocycles. The van der Waals surface area contributed by atoms with Crippen LogP contribution in [-0.4, -0.2) is 21.2 Å². The molecule has 2 heteroatoms. The van der Waals surface area contributed by atoms with E-state index >= 15 is 0 Å². The van der Waals surface area contributed by atoms with Gasteiger partial charge in [0.15, 0.2) is 0 Å². The number of hydrogen-bond acceptors (Lipinski definition) is 0. The molecule has 0 aromatic rings. The number of hydrogen-bond donors (Lipinski definition) is 0. The van der Waals surface area contributed by atoms with Crippen molar-refractivity contribution in [2.75, 3.05) is 0 Å². The van der Waals surface area contributed by atoms with Crippen LogP contribution in [0.3, 0.4) is 0 Å². The van der Waals surface area contributed by atoms with Gasteiger partial charge in [0.2, 0.25) is 0 Å². The van der Waals surface area contributed by atoms with Gasteiger partial charge in [0, 0.05) is 0 Å². The van der Waals surface area contributed by atoms with Crippen LogP contribution in [0.1, 0.15) is 0 Å². The van der Waals surface area contributed by atoms with Crippen molar-refractivity contribution in [3.63, 3.8) is 0 Å². The van der Waals surface area contributed by atoms with Gasteiger partial charge in [-0.05, 0) is 21.2 Å². The predicted octanol–water partition coefficient (Wildman–Crippen LogP) is -1.25. The third kappa shape index (κ3) is 653. The molecule has 0 bridgehead atoms. The van der Waals surface area contributed by atoms with E-state index in [1.807, 2.05) is 0 Å². The van der Waals surface area contributed by atoms with E-state index in [9.17, 15) is 0 Å². The Hall–Kier alpha value is 0.174. The lowest BCUT2D eigenvalue weighted by atomic mass is 11.3. The Bertz CT molecular complexity index is 4.85. The summed E-state index contributed by atoms with van der Waals surface area (Å²) in [6.45, 7) is 8.14. The summed E-state index contributed by atoms with van der Waals surface area (Å²) in [6, 6.07) is 0. The van der Waals surface area contributed by atoms with E-state index in [1.54, 1.807) is 0 Å². The second-order valence-electron chi connectivity index (χ2n) is 0. The third-order valence-corrected chi connectivity index (χ3v) is 0. The van der Waals surface area contributed by atoms with Gasteiger partial charge in [-0.15, -0.1) is 13.2 Å². The Morgan fingerprint density at radius 3 is 1.20 bits per heavy atom. The minimum atomic E-state index is 0. The third-order valence-electron chi connectivity index (χ3n) is 0. The largest absolute Gasteiger partial charge is 0.106 e. The smallest absolute Gasteiger partial charge is 0.000585 e. The second-order valence-corrected chi connectivity index (χ2v) is 0. The van der Waals surface area contributed by atoms with Crippen molar-refractivity contribution in [3.05, 3.63) is 13.2 Å². The molecule has 0 N–H and O–H groups in total. The Morgan fingerprint density at radius 1 is 1.20 bits per heavy atom. The van der Waals surface area contributed by atoms with E-state index in [-0.39, 0.29) is 11.0 Å². The summed E-state index contributed by atoms with van der Waals surface area (Å²) in [4.78, 5) is 0. The molecular weight excluding hydrogens is 92.2 g/mol. The molecular formula is C3H14Si2. The maximum Gasteiger partial charge on any atom is -0.000585 e. The summed E-state index contributed by atoms with van der Waals surface area (Å²) in [5.41, 5.74) is 0. The summed E-state index contributed by atoms with van der Waals surface area (Å²) in [7, 11) is 1.31. The zero-order valence-corrected chi connectivity index (χ0v) is 5.41. The first-order valence-electron chi connectivity index (χ1n) is 1.50. The van der Waals surface area contributed by atoms with E-state index in [1.165, 1.54) is 10.2 Å². The van der Waals surface area contributed by atoms with Gasteiger partial charge in [-0.3, -0.25) is 0 Å². The quantitative estimate of drug-likeness (QED) is 0.267. The molecule has 0 aliphatic carbocycles. The maximum atomic E-state index is 3.00. The van der Waals surface area contributed by atoms with Gasteiger partial charge in [-0.2, -0.15) is 0 Å². The first-order chi connectivity index (χ1) is 2.00. The fraction of sp³-hybridized carbons (Fsp3) is 0.333. The minimum Gasteiger partial charge on any atom is -0.106 e. The lowest BCUT2D eigenvalue weighted by Gasteiger charge is -1.04. The van der Waals surface area contributed by atoms with Crippen molar-refractivity contribution in [1.82, 2.24) is 0 Å². The lowest BCUT2D eigenvalue weighted by molar-refractivity contribution is 2.40. The van der Waals surface area contributed by atoms with Gasteiger partial charge in [0.05, 0.1) is 0 Å². The highest BCUT2D eigenvalue weighted by Crippen LogP contribution is 0.960. The first-order valence-corrected chi connectivity index (χ1v) is 3.50. The lowest BCUT2D eigenvalue weighted by Crippen LogP contribution is -1.13. The zero-order chi connectivity index (χ0) is 4.00. The van der Waals surface area contributed by atoms with Crippen molar-refractivity contribution < 1.29 is 0 Å². The first kappa shape index (κ1) is 19.1. The molecule has 34 valence electrons. The standard InChI is InChI=1S/C2H4.CH6Si.H4Si/c2*1-2;/h1-2H2;1-2H3;1H4. The maximum absolute atomic E-state index is 3.00. The Balaban J connectivity index is -0.0000000133. The van der Waals surface area contributed by atoms with E-state index in [0.717, 1.165) is 0 Å². The van der Waals surface area contributed by atoms with Crippen LogP contribution in [0.4, 0.5) is 0 Å². The minimum absolute atomic E-state index is 0. The molecule has 0 aliphatic rings. The molecule has 0 amide bonds. The zero-order valence-electron chi connectivity index (χ0n) is 3.41. The normalized spacial score (nSPS) is 2.60. The van der Waals surface area contributed by atoms with Crippen LogP contribution in [0, 0.1) is 0 Å². The molecule has 0 nitrogen and oxygen atoms in total. The molecule has 0 atom stereocenters. The predicted molar refractivity (Wildman–Crippen MR) is 38.4 cm³/mol. The van der Waals surface area contributed by atoms with Crippen molar-refractivity contribution >= 4 is 21.2 Å². The molecule has 0 unspecified atom stereocenters. The van der Waals surface area contributed by atoms with Crippen LogP contribution in [-0.2, 0) is 0 Å². The Labute approximate surface area is 41.7 Å². The Kier molecular flexibility index (Phi) is 5310. The van der Waals surface area contributed by atoms with Crippen LogP contribution >= 0.6 is 0 Å². The summed E-state index contributed by atoms with van der Waals surface area (Å²) in [5, 5.41) is 0. The van der Waals surface area contributed by atoms with Gasteiger partial charge in [0.1, 0.15) is 0 Å². The van der Waals surface area contributed by atoms with E-state index in [2.05, 4.69) is 19.7 Å². The highest BCUT2D eigenvalue weighted by atomic mass is 28.1. The van der Waals surface area contributed by atoms with Gasteiger partial charge >= 0.3 is 0 Å². The molecule has 0 saturated heterocycles. The fourth-order valence-corrected chi connectivity index (χ4v) is 0. The van der Waals surface area contributed by atoms with Crippen LogP contribution in [0.25, 0.3) is 0 Å². The summed E-state index contributed by atoms with van der Waals surface area (Å²) in [5.74, 6) is 0. The molecule has 0 aromatic carbocycles. The van der Waals surface area contributed by atoms with Crippen LogP contribution in [0.5, 0.6) is 0 Å².